The topological polar surface area (TPSA) is 39.7 Å². The maximum absolute atomic E-state index is 12.1. The van der Waals surface area contributed by atoms with Gasteiger partial charge in [0.15, 0.2) is 0 Å². The van der Waals surface area contributed by atoms with Gasteiger partial charge in [-0.25, -0.2) is 4.98 Å². The van der Waals surface area contributed by atoms with Crippen molar-refractivity contribution in [2.45, 2.75) is 38.4 Å². The second-order valence-corrected chi connectivity index (χ2v) is 7.83. The normalized spacial score (nSPS) is 29.1. The van der Waals surface area contributed by atoms with E-state index in [1.54, 1.807) is 18.3 Å². The molecule has 2 saturated heterocycles. The Morgan fingerprint density at radius 3 is 2.95 bits per heavy atom. The lowest BCUT2D eigenvalue weighted by Gasteiger charge is -2.38. The Morgan fingerprint density at radius 2 is 2.32 bits per heavy atom. The van der Waals surface area contributed by atoms with Crippen LogP contribution in [0.4, 0.5) is 0 Å². The zero-order chi connectivity index (χ0) is 15.7. The van der Waals surface area contributed by atoms with Gasteiger partial charge in [-0.2, -0.15) is 0 Å². The molecule has 2 aliphatic rings. The Bertz CT molecular complexity index is 504. The number of likely N-dealkylation sites (N-methyl/N-ethyl adjacent to an activating group) is 1. The molecule has 3 atom stereocenters. The smallest absolute Gasteiger partial charge is 0.219 e. The Labute approximate surface area is 136 Å². The van der Waals surface area contributed by atoms with Crippen LogP contribution in [0.2, 0.25) is 0 Å². The minimum absolute atomic E-state index is 0.243. The third-order valence-electron chi connectivity index (χ3n) is 4.89. The first-order valence-electron chi connectivity index (χ1n) is 8.09. The number of thiazole rings is 1. The maximum atomic E-state index is 12.1. The van der Waals surface area contributed by atoms with Crippen LogP contribution in [0.15, 0.2) is 11.6 Å². The van der Waals surface area contributed by atoms with Gasteiger partial charge in [-0.3, -0.25) is 9.69 Å². The molecule has 0 radical (unpaired) electrons. The molecule has 22 heavy (non-hydrogen) atoms. The molecule has 6 heteroatoms. The summed E-state index contributed by atoms with van der Waals surface area (Å²) in [7, 11) is 4.18. The highest BCUT2D eigenvalue weighted by atomic mass is 32.1. The number of carbonyl (C=O) groups excluding carboxylic acids is 1. The molecule has 0 N–H and O–H groups in total. The predicted octanol–water partition coefficient (Wildman–Crippen LogP) is 1.52. The van der Waals surface area contributed by atoms with E-state index < -0.39 is 0 Å². The maximum Gasteiger partial charge on any atom is 0.219 e. The molecular formula is C16H26N4OS. The van der Waals surface area contributed by atoms with E-state index in [9.17, 15) is 4.79 Å². The molecular weight excluding hydrogens is 296 g/mol. The van der Waals surface area contributed by atoms with E-state index in [2.05, 4.69) is 33.8 Å². The minimum atomic E-state index is 0.243. The Balaban J connectivity index is 1.66. The molecule has 2 fully saturated rings. The van der Waals surface area contributed by atoms with Crippen molar-refractivity contribution >= 4 is 17.2 Å². The first-order chi connectivity index (χ1) is 10.5. The number of likely N-dealkylation sites (tertiary alicyclic amines) is 2. The first kappa shape index (κ1) is 15.9. The van der Waals surface area contributed by atoms with Crippen molar-refractivity contribution in [3.63, 3.8) is 0 Å². The van der Waals surface area contributed by atoms with Crippen molar-refractivity contribution in [1.29, 1.82) is 0 Å². The molecule has 0 bridgehead atoms. The van der Waals surface area contributed by atoms with Crippen LogP contribution in [0.25, 0.3) is 0 Å². The van der Waals surface area contributed by atoms with Crippen molar-refractivity contribution in [2.24, 2.45) is 5.92 Å². The van der Waals surface area contributed by atoms with Crippen LogP contribution in [-0.2, 0) is 11.3 Å². The van der Waals surface area contributed by atoms with Crippen LogP contribution >= 0.6 is 11.3 Å². The summed E-state index contributed by atoms with van der Waals surface area (Å²) in [6.45, 7) is 5.82. The lowest BCUT2D eigenvalue weighted by Crippen LogP contribution is -2.49. The van der Waals surface area contributed by atoms with Gasteiger partial charge < -0.3 is 9.80 Å². The summed E-state index contributed by atoms with van der Waals surface area (Å²) in [5, 5.41) is 3.24. The third-order valence-corrected chi connectivity index (χ3v) is 5.65. The Hall–Kier alpha value is -0.980. The molecule has 0 spiro atoms. The number of carbonyl (C=O) groups is 1. The summed E-state index contributed by atoms with van der Waals surface area (Å²) in [4.78, 5) is 23.4. The molecule has 2 aliphatic heterocycles. The third kappa shape index (κ3) is 3.34. The van der Waals surface area contributed by atoms with E-state index in [0.717, 1.165) is 39.0 Å². The van der Waals surface area contributed by atoms with Crippen molar-refractivity contribution < 1.29 is 4.79 Å². The van der Waals surface area contributed by atoms with Crippen LogP contribution in [0.1, 0.15) is 24.8 Å². The number of rotatable bonds is 4. The lowest BCUT2D eigenvalue weighted by atomic mass is 9.92. The Morgan fingerprint density at radius 1 is 1.50 bits per heavy atom. The zero-order valence-corrected chi connectivity index (χ0v) is 14.6. The summed E-state index contributed by atoms with van der Waals surface area (Å²) in [5.74, 6) is 0.857. The molecule has 0 unspecified atom stereocenters. The van der Waals surface area contributed by atoms with Gasteiger partial charge >= 0.3 is 0 Å². The van der Waals surface area contributed by atoms with Gasteiger partial charge in [-0.1, -0.05) is 0 Å². The standard InChI is InChI=1S/C16H26N4OS/c1-12(21)20-14(10-18(2)3)8-13-9-19(6-4-15(13)20)11-16-17-5-7-22-16/h5,7,13-15H,4,6,8-11H2,1-3H3/t13-,14+,15+/m1/s1. The molecule has 1 aromatic heterocycles. The van der Waals surface area contributed by atoms with Gasteiger partial charge in [0.05, 0.1) is 6.54 Å². The Kier molecular flexibility index (Phi) is 4.80. The number of nitrogens with zero attached hydrogens (tertiary/aromatic N) is 4. The number of hydrogen-bond acceptors (Lipinski definition) is 5. The molecule has 0 saturated carbocycles. The van der Waals surface area contributed by atoms with Crippen molar-refractivity contribution in [2.75, 3.05) is 33.7 Å². The van der Waals surface area contributed by atoms with E-state index in [0.29, 0.717) is 18.0 Å². The van der Waals surface area contributed by atoms with Gasteiger partial charge in [0.1, 0.15) is 5.01 Å². The second-order valence-electron chi connectivity index (χ2n) is 6.86. The molecule has 3 heterocycles. The predicted molar refractivity (Wildman–Crippen MR) is 88.8 cm³/mol. The van der Waals surface area contributed by atoms with E-state index in [-0.39, 0.29) is 5.91 Å². The van der Waals surface area contributed by atoms with E-state index in [4.69, 9.17) is 0 Å². The monoisotopic (exact) mass is 322 g/mol. The number of piperidine rings is 1. The molecule has 1 aromatic rings. The molecule has 0 aromatic carbocycles. The summed E-state index contributed by atoms with van der Waals surface area (Å²) in [6.07, 6.45) is 4.11. The van der Waals surface area contributed by atoms with Crippen LogP contribution in [-0.4, -0.2) is 71.4 Å². The average molecular weight is 322 g/mol. The molecule has 3 rings (SSSR count). The van der Waals surface area contributed by atoms with Gasteiger partial charge in [0.25, 0.3) is 0 Å². The fraction of sp³-hybridized carbons (Fsp3) is 0.750. The summed E-state index contributed by atoms with van der Waals surface area (Å²) in [5.41, 5.74) is 0. The number of amides is 1. The van der Waals surface area contributed by atoms with Crippen molar-refractivity contribution in [3.05, 3.63) is 16.6 Å². The molecule has 0 aliphatic carbocycles. The number of aromatic nitrogens is 1. The highest BCUT2D eigenvalue weighted by molar-refractivity contribution is 7.09. The van der Waals surface area contributed by atoms with Crippen molar-refractivity contribution in [1.82, 2.24) is 19.7 Å². The highest BCUT2D eigenvalue weighted by Gasteiger charge is 2.44. The largest absolute Gasteiger partial charge is 0.335 e. The second kappa shape index (κ2) is 6.64. The highest BCUT2D eigenvalue weighted by Crippen LogP contribution is 2.36. The van der Waals surface area contributed by atoms with Crippen LogP contribution in [0.3, 0.4) is 0 Å². The SMILES string of the molecule is CC(=O)N1[C@H](CN(C)C)C[C@@H]2CN(Cc3nccs3)CC[C@@H]21. The van der Waals surface area contributed by atoms with E-state index in [1.807, 2.05) is 11.6 Å². The fourth-order valence-corrected chi connectivity index (χ4v) is 4.83. The lowest BCUT2D eigenvalue weighted by molar-refractivity contribution is -0.133. The summed E-state index contributed by atoms with van der Waals surface area (Å²) >= 11 is 1.73. The zero-order valence-electron chi connectivity index (χ0n) is 13.7. The number of fused-ring (bicyclic) bond motifs is 1. The summed E-state index contributed by atoms with van der Waals surface area (Å²) < 4.78 is 0. The van der Waals surface area contributed by atoms with Crippen LogP contribution in [0, 0.1) is 5.92 Å². The number of hydrogen-bond donors (Lipinski definition) is 0. The summed E-state index contributed by atoms with van der Waals surface area (Å²) in [6, 6.07) is 0.817. The minimum Gasteiger partial charge on any atom is -0.335 e. The average Bonchev–Trinajstić information content (AvgIpc) is 3.04. The van der Waals surface area contributed by atoms with Crippen molar-refractivity contribution in [3.8, 4) is 0 Å². The van der Waals surface area contributed by atoms with Crippen LogP contribution in [0.5, 0.6) is 0 Å². The van der Waals surface area contributed by atoms with Gasteiger partial charge in [-0.05, 0) is 32.9 Å². The quantitative estimate of drug-likeness (QED) is 0.842. The van der Waals surface area contributed by atoms with E-state index in [1.165, 1.54) is 5.01 Å². The molecule has 122 valence electrons. The van der Waals surface area contributed by atoms with Gasteiger partial charge in [-0.15, -0.1) is 11.3 Å². The first-order valence-corrected chi connectivity index (χ1v) is 8.97. The van der Waals surface area contributed by atoms with E-state index >= 15 is 0 Å². The molecule has 5 nitrogen and oxygen atoms in total. The van der Waals surface area contributed by atoms with Crippen LogP contribution < -0.4 is 0 Å². The van der Waals surface area contributed by atoms with Gasteiger partial charge in [0, 0.05) is 50.2 Å². The van der Waals surface area contributed by atoms with Gasteiger partial charge in [0.2, 0.25) is 5.91 Å². The molecule has 1 amide bonds. The fourth-order valence-electron chi connectivity index (χ4n) is 4.17.